The van der Waals surface area contributed by atoms with Crippen molar-refractivity contribution in [2.24, 2.45) is 5.92 Å². The molecule has 0 bridgehead atoms. The minimum absolute atomic E-state index is 0.0185. The number of hydrogen-bond acceptors (Lipinski definition) is 6. The van der Waals surface area contributed by atoms with E-state index in [0.29, 0.717) is 5.69 Å². The van der Waals surface area contributed by atoms with Gasteiger partial charge in [-0.15, -0.1) is 11.3 Å². The van der Waals surface area contributed by atoms with E-state index in [1.54, 1.807) is 23.6 Å². The molecule has 3 aromatic rings. The number of pyridine rings is 1. The van der Waals surface area contributed by atoms with Gasteiger partial charge in [-0.2, -0.15) is 0 Å². The van der Waals surface area contributed by atoms with Gasteiger partial charge in [0.2, 0.25) is 0 Å². The molecule has 26 heavy (non-hydrogen) atoms. The third-order valence-electron chi connectivity index (χ3n) is 4.65. The van der Waals surface area contributed by atoms with Crippen molar-refractivity contribution in [1.82, 2.24) is 19.9 Å². The summed E-state index contributed by atoms with van der Waals surface area (Å²) in [6.07, 6.45) is 7.43. The zero-order chi connectivity index (χ0) is 17.8. The largest absolute Gasteiger partial charge is 0.298 e. The maximum atomic E-state index is 12.7. The number of rotatable bonds is 5. The van der Waals surface area contributed by atoms with Gasteiger partial charge in [0.05, 0.1) is 4.88 Å². The predicted octanol–water partition coefficient (Wildman–Crippen LogP) is 3.70. The smallest absolute Gasteiger partial charge is 0.185 e. The van der Waals surface area contributed by atoms with Crippen LogP contribution in [0.1, 0.15) is 28.9 Å². The highest BCUT2D eigenvalue weighted by Crippen LogP contribution is 2.23. The maximum absolute atomic E-state index is 12.7. The lowest BCUT2D eigenvalue weighted by Gasteiger charge is -2.31. The number of Topliss-reactive ketones (excluding diaryl/α,β-unsaturated/α-hetero) is 1. The number of thiophene rings is 1. The van der Waals surface area contributed by atoms with Crippen LogP contribution in [-0.4, -0.2) is 38.7 Å². The van der Waals surface area contributed by atoms with E-state index < -0.39 is 0 Å². The Morgan fingerprint density at radius 1 is 1.15 bits per heavy atom. The van der Waals surface area contributed by atoms with Crippen LogP contribution in [-0.2, 0) is 6.54 Å². The molecule has 5 nitrogen and oxygen atoms in total. The molecule has 4 rings (SSSR count). The summed E-state index contributed by atoms with van der Waals surface area (Å²) in [5.74, 6) is 0.940. The molecule has 1 saturated heterocycles. The SMILES string of the molecule is O=C(c1ccccn1)[C@@H]1CCCN(Cc2cnc(-c3cccs3)nc2)C1. The second-order valence-corrected chi connectivity index (χ2v) is 7.49. The number of piperidine rings is 1. The summed E-state index contributed by atoms with van der Waals surface area (Å²) in [4.78, 5) is 29.2. The van der Waals surface area contributed by atoms with Crippen LogP contribution in [0.3, 0.4) is 0 Å². The summed E-state index contributed by atoms with van der Waals surface area (Å²) < 4.78 is 0. The van der Waals surface area contributed by atoms with Gasteiger partial charge in [0.25, 0.3) is 0 Å². The van der Waals surface area contributed by atoms with Gasteiger partial charge in [0.15, 0.2) is 11.6 Å². The van der Waals surface area contributed by atoms with Crippen LogP contribution in [0.25, 0.3) is 10.7 Å². The summed E-state index contributed by atoms with van der Waals surface area (Å²) in [5.41, 5.74) is 1.65. The lowest BCUT2D eigenvalue weighted by Crippen LogP contribution is -2.38. The van der Waals surface area contributed by atoms with E-state index in [-0.39, 0.29) is 11.7 Å². The van der Waals surface area contributed by atoms with E-state index in [1.165, 1.54) is 0 Å². The number of nitrogens with zero attached hydrogens (tertiary/aromatic N) is 4. The normalized spacial score (nSPS) is 17.9. The van der Waals surface area contributed by atoms with Gasteiger partial charge >= 0.3 is 0 Å². The van der Waals surface area contributed by atoms with Crippen molar-refractivity contribution in [2.45, 2.75) is 19.4 Å². The second kappa shape index (κ2) is 7.85. The summed E-state index contributed by atoms with van der Waals surface area (Å²) >= 11 is 1.64. The fourth-order valence-electron chi connectivity index (χ4n) is 3.36. The van der Waals surface area contributed by atoms with Crippen LogP contribution in [0.2, 0.25) is 0 Å². The maximum Gasteiger partial charge on any atom is 0.185 e. The monoisotopic (exact) mass is 364 g/mol. The first-order chi connectivity index (χ1) is 12.8. The highest BCUT2D eigenvalue weighted by atomic mass is 32.1. The Hall–Kier alpha value is -2.44. The zero-order valence-electron chi connectivity index (χ0n) is 14.4. The van der Waals surface area contributed by atoms with E-state index in [0.717, 1.165) is 48.7 Å². The molecule has 0 unspecified atom stereocenters. The first-order valence-electron chi connectivity index (χ1n) is 8.82. The summed E-state index contributed by atoms with van der Waals surface area (Å²) in [5, 5.41) is 2.03. The molecule has 4 heterocycles. The van der Waals surface area contributed by atoms with E-state index in [1.807, 2.05) is 42.0 Å². The zero-order valence-corrected chi connectivity index (χ0v) is 15.2. The van der Waals surface area contributed by atoms with Gasteiger partial charge in [0.1, 0.15) is 5.69 Å². The predicted molar refractivity (Wildman–Crippen MR) is 102 cm³/mol. The van der Waals surface area contributed by atoms with Crippen molar-refractivity contribution in [3.8, 4) is 10.7 Å². The van der Waals surface area contributed by atoms with Crippen LogP contribution in [0, 0.1) is 5.92 Å². The minimum Gasteiger partial charge on any atom is -0.298 e. The summed E-state index contributed by atoms with van der Waals surface area (Å²) in [7, 11) is 0. The number of carbonyl (C=O) groups is 1. The fourth-order valence-corrected chi connectivity index (χ4v) is 4.03. The Balaban J connectivity index is 1.40. The number of ketones is 1. The van der Waals surface area contributed by atoms with Gasteiger partial charge in [-0.3, -0.25) is 14.7 Å². The minimum atomic E-state index is 0.0185. The molecular weight excluding hydrogens is 344 g/mol. The molecule has 0 N–H and O–H groups in total. The van der Waals surface area contributed by atoms with Crippen molar-refractivity contribution in [3.63, 3.8) is 0 Å². The molecule has 0 saturated carbocycles. The highest BCUT2D eigenvalue weighted by molar-refractivity contribution is 7.13. The third-order valence-corrected chi connectivity index (χ3v) is 5.51. The Bertz CT molecular complexity index is 849. The molecule has 0 amide bonds. The fraction of sp³-hybridized carbons (Fsp3) is 0.300. The van der Waals surface area contributed by atoms with Crippen molar-refractivity contribution in [1.29, 1.82) is 0 Å². The summed E-state index contributed by atoms with van der Waals surface area (Å²) in [6, 6.07) is 9.54. The molecule has 0 spiro atoms. The molecule has 6 heteroatoms. The van der Waals surface area contributed by atoms with Gasteiger partial charge in [-0.05, 0) is 43.0 Å². The molecule has 0 radical (unpaired) electrons. The molecule has 1 aliphatic heterocycles. The average Bonchev–Trinajstić information content (AvgIpc) is 3.24. The lowest BCUT2D eigenvalue weighted by molar-refractivity contribution is 0.0806. The lowest BCUT2D eigenvalue weighted by atomic mass is 9.92. The molecule has 1 atom stereocenters. The van der Waals surface area contributed by atoms with Crippen molar-refractivity contribution >= 4 is 17.1 Å². The number of aromatic nitrogens is 3. The number of hydrogen-bond donors (Lipinski definition) is 0. The van der Waals surface area contributed by atoms with Gasteiger partial charge in [-0.1, -0.05) is 12.1 Å². The van der Waals surface area contributed by atoms with E-state index in [9.17, 15) is 4.79 Å². The Labute approximate surface area is 156 Å². The first kappa shape index (κ1) is 17.0. The average molecular weight is 364 g/mol. The molecule has 0 aromatic carbocycles. The molecule has 1 aliphatic rings. The molecule has 3 aromatic heterocycles. The number of carbonyl (C=O) groups excluding carboxylic acids is 1. The van der Waals surface area contributed by atoms with E-state index in [4.69, 9.17) is 0 Å². The van der Waals surface area contributed by atoms with E-state index >= 15 is 0 Å². The molecular formula is C20H20N4OS. The third kappa shape index (κ3) is 3.86. The van der Waals surface area contributed by atoms with Crippen molar-refractivity contribution in [3.05, 3.63) is 65.6 Å². The van der Waals surface area contributed by atoms with Crippen LogP contribution < -0.4 is 0 Å². The van der Waals surface area contributed by atoms with Crippen LogP contribution in [0.4, 0.5) is 0 Å². The second-order valence-electron chi connectivity index (χ2n) is 6.55. The van der Waals surface area contributed by atoms with Gasteiger partial charge in [-0.25, -0.2) is 9.97 Å². The molecule has 1 fully saturated rings. The van der Waals surface area contributed by atoms with Gasteiger partial charge < -0.3 is 0 Å². The van der Waals surface area contributed by atoms with Crippen molar-refractivity contribution < 1.29 is 4.79 Å². The van der Waals surface area contributed by atoms with Crippen LogP contribution >= 0.6 is 11.3 Å². The standard InChI is InChI=1S/C20H20N4OS/c25-19(17-6-1-2-8-21-17)16-5-3-9-24(14-16)13-15-11-22-20(23-12-15)18-7-4-10-26-18/h1-2,4,6-8,10-12,16H,3,5,9,13-14H2/t16-/m1/s1. The number of likely N-dealkylation sites (tertiary alicyclic amines) is 1. The van der Waals surface area contributed by atoms with E-state index in [2.05, 4.69) is 19.9 Å². The quantitative estimate of drug-likeness (QED) is 0.646. The Morgan fingerprint density at radius 2 is 2.04 bits per heavy atom. The van der Waals surface area contributed by atoms with Crippen LogP contribution in [0.5, 0.6) is 0 Å². The van der Waals surface area contributed by atoms with Crippen molar-refractivity contribution in [2.75, 3.05) is 13.1 Å². The molecule has 0 aliphatic carbocycles. The topological polar surface area (TPSA) is 59.0 Å². The highest BCUT2D eigenvalue weighted by Gasteiger charge is 2.27. The Kier molecular flexibility index (Phi) is 5.13. The van der Waals surface area contributed by atoms with Gasteiger partial charge in [0, 0.05) is 43.2 Å². The summed E-state index contributed by atoms with van der Waals surface area (Å²) in [6.45, 7) is 2.54. The van der Waals surface area contributed by atoms with Crippen LogP contribution in [0.15, 0.2) is 54.3 Å². The first-order valence-corrected chi connectivity index (χ1v) is 9.70. The molecule has 132 valence electrons. The Morgan fingerprint density at radius 3 is 2.77 bits per heavy atom.